The van der Waals surface area contributed by atoms with Gasteiger partial charge in [0.05, 0.1) is 0 Å². The van der Waals surface area contributed by atoms with E-state index in [1.807, 2.05) is 48.6 Å². The van der Waals surface area contributed by atoms with Crippen LogP contribution in [0.3, 0.4) is 0 Å². The Hall–Kier alpha value is -3.21. The Balaban J connectivity index is 1.52. The minimum atomic E-state index is 0.0757. The van der Waals surface area contributed by atoms with Gasteiger partial charge in [-0.25, -0.2) is 0 Å². The number of benzene rings is 2. The van der Waals surface area contributed by atoms with E-state index in [2.05, 4.69) is 6.92 Å². The Bertz CT molecular complexity index is 1020. The van der Waals surface area contributed by atoms with Crippen molar-refractivity contribution in [3.05, 3.63) is 58.7 Å². The number of ketones is 1. The molecule has 2 heterocycles. The number of rotatable bonds is 2. The Morgan fingerprint density at radius 2 is 1.46 bits per heavy atom. The predicted molar refractivity (Wildman–Crippen MR) is 104 cm³/mol. The van der Waals surface area contributed by atoms with Gasteiger partial charge in [0.25, 0.3) is 0 Å². The molecule has 1 atom stereocenters. The molecule has 28 heavy (non-hydrogen) atoms. The van der Waals surface area contributed by atoms with Crippen LogP contribution in [-0.4, -0.2) is 19.4 Å². The molecule has 1 fully saturated rings. The summed E-state index contributed by atoms with van der Waals surface area (Å²) in [6, 6.07) is 11.5. The highest BCUT2D eigenvalue weighted by Gasteiger charge is 2.28. The minimum absolute atomic E-state index is 0.0757. The standard InChI is InChI=1S/C23H20O5/c1-14-8-9-15(10-16-4-2-6-19-22(16)27-12-25-19)21(24)18(14)11-17-5-3-7-20-23(17)28-13-26-20/h2-7,10-11,14H,8-9,12-13H2,1H3/b15-10+,18-11?/t14-/m1/s1. The van der Waals surface area contributed by atoms with E-state index in [0.717, 1.165) is 46.6 Å². The fourth-order valence-corrected chi connectivity index (χ4v) is 3.88. The maximum Gasteiger partial charge on any atom is 0.231 e. The summed E-state index contributed by atoms with van der Waals surface area (Å²) in [6.45, 7) is 2.52. The van der Waals surface area contributed by atoms with Crippen molar-refractivity contribution in [2.24, 2.45) is 5.92 Å². The molecule has 1 aliphatic carbocycles. The highest BCUT2D eigenvalue weighted by Crippen LogP contribution is 2.41. The van der Waals surface area contributed by atoms with Crippen LogP contribution in [0.25, 0.3) is 12.2 Å². The first-order valence-electron chi connectivity index (χ1n) is 9.45. The molecule has 0 radical (unpaired) electrons. The average Bonchev–Trinajstić information content (AvgIpc) is 3.37. The van der Waals surface area contributed by atoms with E-state index in [-0.39, 0.29) is 25.3 Å². The Kier molecular flexibility index (Phi) is 4.08. The lowest BCUT2D eigenvalue weighted by molar-refractivity contribution is -0.113. The van der Waals surface area contributed by atoms with Crippen LogP contribution in [0.4, 0.5) is 0 Å². The molecule has 2 aromatic carbocycles. The zero-order valence-corrected chi connectivity index (χ0v) is 15.6. The highest BCUT2D eigenvalue weighted by atomic mass is 16.7. The molecule has 2 aliphatic heterocycles. The van der Waals surface area contributed by atoms with Crippen molar-refractivity contribution in [3.63, 3.8) is 0 Å². The quantitative estimate of drug-likeness (QED) is 0.717. The Labute approximate surface area is 163 Å². The number of para-hydroxylation sites is 2. The molecule has 0 amide bonds. The molecule has 142 valence electrons. The summed E-state index contributed by atoms with van der Waals surface area (Å²) in [6.07, 6.45) is 5.55. The van der Waals surface area contributed by atoms with Crippen LogP contribution in [0.5, 0.6) is 23.0 Å². The number of carbonyl (C=O) groups excluding carboxylic acids is 1. The molecular formula is C23H20O5. The molecule has 0 aromatic heterocycles. The van der Waals surface area contributed by atoms with Gasteiger partial charge in [0.2, 0.25) is 13.6 Å². The van der Waals surface area contributed by atoms with E-state index in [4.69, 9.17) is 18.9 Å². The first-order valence-corrected chi connectivity index (χ1v) is 9.45. The second-order valence-electron chi connectivity index (χ2n) is 7.20. The lowest BCUT2D eigenvalue weighted by Crippen LogP contribution is -2.19. The smallest absolute Gasteiger partial charge is 0.231 e. The number of ether oxygens (including phenoxy) is 4. The van der Waals surface area contributed by atoms with Crippen molar-refractivity contribution in [1.29, 1.82) is 0 Å². The van der Waals surface area contributed by atoms with Crippen molar-refractivity contribution in [2.45, 2.75) is 19.8 Å². The van der Waals surface area contributed by atoms with Crippen LogP contribution in [-0.2, 0) is 4.79 Å². The fraction of sp³-hybridized carbons (Fsp3) is 0.261. The topological polar surface area (TPSA) is 54.0 Å². The van der Waals surface area contributed by atoms with Crippen molar-refractivity contribution in [1.82, 2.24) is 0 Å². The summed E-state index contributed by atoms with van der Waals surface area (Å²) >= 11 is 0. The second kappa shape index (κ2) is 6.75. The van der Waals surface area contributed by atoms with Gasteiger partial charge in [-0.1, -0.05) is 31.2 Å². The molecule has 0 spiro atoms. The van der Waals surface area contributed by atoms with E-state index in [0.29, 0.717) is 11.5 Å². The molecule has 3 aliphatic rings. The zero-order valence-electron chi connectivity index (χ0n) is 15.6. The third-order valence-electron chi connectivity index (χ3n) is 5.43. The van der Waals surface area contributed by atoms with Gasteiger partial charge in [-0.3, -0.25) is 4.79 Å². The third-order valence-corrected chi connectivity index (χ3v) is 5.43. The van der Waals surface area contributed by atoms with Crippen LogP contribution in [0.15, 0.2) is 47.5 Å². The largest absolute Gasteiger partial charge is 0.454 e. The zero-order chi connectivity index (χ0) is 19.1. The van der Waals surface area contributed by atoms with Crippen LogP contribution in [0, 0.1) is 5.92 Å². The van der Waals surface area contributed by atoms with E-state index in [9.17, 15) is 4.79 Å². The van der Waals surface area contributed by atoms with E-state index < -0.39 is 0 Å². The molecule has 5 rings (SSSR count). The van der Waals surface area contributed by atoms with Gasteiger partial charge in [-0.15, -0.1) is 0 Å². The maximum absolute atomic E-state index is 13.3. The molecule has 2 aromatic rings. The predicted octanol–water partition coefficient (Wildman–Crippen LogP) is 4.61. The van der Waals surface area contributed by atoms with Crippen LogP contribution in [0.1, 0.15) is 30.9 Å². The summed E-state index contributed by atoms with van der Waals surface area (Å²) in [4.78, 5) is 13.3. The fourth-order valence-electron chi connectivity index (χ4n) is 3.88. The van der Waals surface area contributed by atoms with Crippen molar-refractivity contribution in [3.8, 4) is 23.0 Å². The van der Waals surface area contributed by atoms with Gasteiger partial charge in [0, 0.05) is 22.3 Å². The van der Waals surface area contributed by atoms with E-state index >= 15 is 0 Å². The molecule has 0 unspecified atom stereocenters. The molecule has 0 N–H and O–H groups in total. The van der Waals surface area contributed by atoms with Crippen molar-refractivity contribution >= 4 is 17.9 Å². The molecule has 5 nitrogen and oxygen atoms in total. The number of Topliss-reactive ketones (excluding diaryl/α,β-unsaturated/α-hetero) is 1. The normalized spacial score (nSPS) is 22.9. The van der Waals surface area contributed by atoms with Gasteiger partial charge in [-0.05, 0) is 43.0 Å². The SMILES string of the molecule is C[C@@H]1CC/C(=C\c2cccc3c2OCO3)C(=O)C1=Cc1cccc2c1OCO2. The third kappa shape index (κ3) is 2.83. The highest BCUT2D eigenvalue weighted by molar-refractivity contribution is 6.14. The molecular weight excluding hydrogens is 356 g/mol. The number of carbonyl (C=O) groups is 1. The van der Waals surface area contributed by atoms with Gasteiger partial charge < -0.3 is 18.9 Å². The monoisotopic (exact) mass is 376 g/mol. The number of allylic oxidation sites excluding steroid dienone is 2. The Morgan fingerprint density at radius 1 is 0.857 bits per heavy atom. The number of fused-ring (bicyclic) bond motifs is 2. The van der Waals surface area contributed by atoms with Gasteiger partial charge in [-0.2, -0.15) is 0 Å². The van der Waals surface area contributed by atoms with Gasteiger partial charge in [0.1, 0.15) is 0 Å². The summed E-state index contributed by atoms with van der Waals surface area (Å²) in [5.41, 5.74) is 3.34. The first kappa shape index (κ1) is 16.9. The van der Waals surface area contributed by atoms with Gasteiger partial charge >= 0.3 is 0 Å². The maximum atomic E-state index is 13.3. The molecule has 0 bridgehead atoms. The van der Waals surface area contributed by atoms with Crippen molar-refractivity contribution in [2.75, 3.05) is 13.6 Å². The van der Waals surface area contributed by atoms with Gasteiger partial charge in [0.15, 0.2) is 28.8 Å². The van der Waals surface area contributed by atoms with Crippen LogP contribution < -0.4 is 18.9 Å². The summed E-state index contributed by atoms with van der Waals surface area (Å²) < 4.78 is 22.1. The minimum Gasteiger partial charge on any atom is -0.454 e. The van der Waals surface area contributed by atoms with Crippen molar-refractivity contribution < 1.29 is 23.7 Å². The lowest BCUT2D eigenvalue weighted by Gasteiger charge is -2.23. The Morgan fingerprint density at radius 3 is 2.11 bits per heavy atom. The number of hydrogen-bond acceptors (Lipinski definition) is 5. The van der Waals surface area contributed by atoms with Crippen LogP contribution in [0.2, 0.25) is 0 Å². The molecule has 5 heteroatoms. The second-order valence-corrected chi connectivity index (χ2v) is 7.20. The summed E-state index contributed by atoms with van der Waals surface area (Å²) in [5, 5.41) is 0. The van der Waals surface area contributed by atoms with Crippen LogP contribution >= 0.6 is 0 Å². The first-order chi connectivity index (χ1) is 13.7. The number of hydrogen-bond donors (Lipinski definition) is 0. The average molecular weight is 376 g/mol. The van der Waals surface area contributed by atoms with E-state index in [1.54, 1.807) is 0 Å². The molecule has 1 saturated carbocycles. The summed E-state index contributed by atoms with van der Waals surface area (Å²) in [7, 11) is 0. The van der Waals surface area contributed by atoms with E-state index in [1.165, 1.54) is 0 Å². The summed E-state index contributed by atoms with van der Waals surface area (Å²) in [5.74, 6) is 3.11. The lowest BCUT2D eigenvalue weighted by atomic mass is 9.80. The molecule has 0 saturated heterocycles.